The van der Waals surface area contributed by atoms with Gasteiger partial charge in [-0.1, -0.05) is 56.9 Å². The number of hydrogen-bond acceptors (Lipinski definition) is 1. The molecule has 2 rings (SSSR count). The average molecular weight is 249 g/mol. The van der Waals surface area contributed by atoms with Crippen molar-refractivity contribution < 1.29 is 0 Å². The van der Waals surface area contributed by atoms with E-state index >= 15 is 0 Å². The molecule has 0 saturated heterocycles. The third kappa shape index (κ3) is 3.39. The van der Waals surface area contributed by atoms with Gasteiger partial charge in [0.1, 0.15) is 0 Å². The summed E-state index contributed by atoms with van der Waals surface area (Å²) < 4.78 is 0. The van der Waals surface area contributed by atoms with Gasteiger partial charge in [0.25, 0.3) is 0 Å². The molecule has 0 atom stereocenters. The van der Waals surface area contributed by atoms with Gasteiger partial charge < -0.3 is 5.73 Å². The van der Waals surface area contributed by atoms with Crippen LogP contribution in [0.3, 0.4) is 0 Å². The van der Waals surface area contributed by atoms with E-state index in [4.69, 9.17) is 5.73 Å². The Morgan fingerprint density at radius 3 is 2.05 bits per heavy atom. The topological polar surface area (TPSA) is 26.0 Å². The molecule has 96 valence electrons. The van der Waals surface area contributed by atoms with Gasteiger partial charge >= 0.3 is 0 Å². The molecule has 2 N–H and O–H groups in total. The summed E-state index contributed by atoms with van der Waals surface area (Å²) >= 11 is 0. The second-order valence-corrected chi connectivity index (χ2v) is 5.66. The molecule has 0 fully saturated rings. The standard InChI is InChI=1S/C18H19N/c1-18(2,3)16-12-9-14(10-13-16)8-11-15-6-4-5-7-17(15)19/h4-7,9-10,12-13H,19H2,1-3H3. The van der Waals surface area contributed by atoms with Crippen LogP contribution in [0.5, 0.6) is 0 Å². The van der Waals surface area contributed by atoms with Gasteiger partial charge in [0.2, 0.25) is 0 Å². The van der Waals surface area contributed by atoms with Crippen molar-refractivity contribution in [2.24, 2.45) is 0 Å². The maximum atomic E-state index is 5.86. The van der Waals surface area contributed by atoms with E-state index in [2.05, 4.69) is 56.9 Å². The number of nitrogen functional groups attached to an aromatic ring is 1. The van der Waals surface area contributed by atoms with Crippen molar-refractivity contribution in [1.82, 2.24) is 0 Å². The van der Waals surface area contributed by atoms with Crippen molar-refractivity contribution in [1.29, 1.82) is 0 Å². The summed E-state index contributed by atoms with van der Waals surface area (Å²) in [6.07, 6.45) is 0. The lowest BCUT2D eigenvalue weighted by Gasteiger charge is -2.18. The molecule has 1 nitrogen and oxygen atoms in total. The van der Waals surface area contributed by atoms with Crippen LogP contribution in [0.25, 0.3) is 0 Å². The Bertz CT molecular complexity index is 619. The Kier molecular flexibility index (Phi) is 3.62. The van der Waals surface area contributed by atoms with Gasteiger partial charge in [0.05, 0.1) is 0 Å². The molecule has 0 aliphatic rings. The molecule has 0 unspecified atom stereocenters. The highest BCUT2D eigenvalue weighted by Gasteiger charge is 2.12. The molecule has 0 aliphatic carbocycles. The molecule has 0 aliphatic heterocycles. The van der Waals surface area contributed by atoms with Crippen molar-refractivity contribution in [2.45, 2.75) is 26.2 Å². The van der Waals surface area contributed by atoms with Crippen LogP contribution in [0, 0.1) is 11.8 Å². The SMILES string of the molecule is CC(C)(C)c1ccc(C#Cc2ccccc2N)cc1. The van der Waals surface area contributed by atoms with Crippen LogP contribution >= 0.6 is 0 Å². The first-order valence-corrected chi connectivity index (χ1v) is 6.44. The molecule has 1 heteroatoms. The minimum Gasteiger partial charge on any atom is -0.398 e. The van der Waals surface area contributed by atoms with Crippen molar-refractivity contribution in [2.75, 3.05) is 5.73 Å². The zero-order valence-corrected chi connectivity index (χ0v) is 11.7. The Morgan fingerprint density at radius 1 is 0.842 bits per heavy atom. The molecule has 19 heavy (non-hydrogen) atoms. The highest BCUT2D eigenvalue weighted by molar-refractivity contribution is 5.57. The van der Waals surface area contributed by atoms with E-state index in [-0.39, 0.29) is 5.41 Å². The Morgan fingerprint density at radius 2 is 1.47 bits per heavy atom. The third-order valence-corrected chi connectivity index (χ3v) is 3.05. The maximum absolute atomic E-state index is 5.86. The second kappa shape index (κ2) is 5.20. The molecule has 0 bridgehead atoms. The fourth-order valence-corrected chi connectivity index (χ4v) is 1.80. The van der Waals surface area contributed by atoms with Crippen LogP contribution in [0.15, 0.2) is 48.5 Å². The Hall–Kier alpha value is -2.20. The van der Waals surface area contributed by atoms with Gasteiger partial charge in [0, 0.05) is 16.8 Å². The highest BCUT2D eigenvalue weighted by atomic mass is 14.5. The van der Waals surface area contributed by atoms with Gasteiger partial charge in [-0.05, 0) is 35.2 Å². The Balaban J connectivity index is 2.24. The summed E-state index contributed by atoms with van der Waals surface area (Å²) in [7, 11) is 0. The van der Waals surface area contributed by atoms with Crippen molar-refractivity contribution in [3.63, 3.8) is 0 Å². The van der Waals surface area contributed by atoms with E-state index in [1.54, 1.807) is 0 Å². The maximum Gasteiger partial charge on any atom is 0.0478 e. The summed E-state index contributed by atoms with van der Waals surface area (Å²) in [5.74, 6) is 6.26. The molecule has 0 radical (unpaired) electrons. The fourth-order valence-electron chi connectivity index (χ4n) is 1.80. The molecule has 2 aromatic carbocycles. The highest BCUT2D eigenvalue weighted by Crippen LogP contribution is 2.22. The predicted octanol–water partition coefficient (Wildman–Crippen LogP) is 3.97. The van der Waals surface area contributed by atoms with E-state index in [1.807, 2.05) is 24.3 Å². The van der Waals surface area contributed by atoms with Crippen LogP contribution in [0.4, 0.5) is 5.69 Å². The number of para-hydroxylation sites is 1. The minimum atomic E-state index is 0.176. The monoisotopic (exact) mass is 249 g/mol. The summed E-state index contributed by atoms with van der Waals surface area (Å²) in [6, 6.07) is 16.1. The number of hydrogen-bond donors (Lipinski definition) is 1. The van der Waals surface area contributed by atoms with E-state index in [9.17, 15) is 0 Å². The summed E-state index contributed by atoms with van der Waals surface area (Å²) in [6.45, 7) is 6.62. The first-order chi connectivity index (χ1) is 8.97. The van der Waals surface area contributed by atoms with E-state index < -0.39 is 0 Å². The normalized spacial score (nSPS) is 10.7. The predicted molar refractivity (Wildman–Crippen MR) is 82.0 cm³/mol. The Labute approximate surface area is 115 Å². The van der Waals surface area contributed by atoms with Crippen molar-refractivity contribution in [3.8, 4) is 11.8 Å². The zero-order valence-electron chi connectivity index (χ0n) is 11.7. The number of benzene rings is 2. The number of nitrogens with two attached hydrogens (primary N) is 1. The summed E-state index contributed by atoms with van der Waals surface area (Å²) in [5.41, 5.74) is 9.97. The first kappa shape index (κ1) is 13.2. The third-order valence-electron chi connectivity index (χ3n) is 3.05. The second-order valence-electron chi connectivity index (χ2n) is 5.66. The quantitative estimate of drug-likeness (QED) is 0.555. The lowest BCUT2D eigenvalue weighted by molar-refractivity contribution is 0.590. The van der Waals surface area contributed by atoms with Crippen LogP contribution in [-0.4, -0.2) is 0 Å². The van der Waals surface area contributed by atoms with E-state index in [0.29, 0.717) is 0 Å². The molecular formula is C18H19N. The van der Waals surface area contributed by atoms with Gasteiger partial charge in [-0.15, -0.1) is 0 Å². The van der Waals surface area contributed by atoms with E-state index in [0.717, 1.165) is 16.8 Å². The lowest BCUT2D eigenvalue weighted by atomic mass is 9.87. The summed E-state index contributed by atoms with van der Waals surface area (Å²) in [4.78, 5) is 0. The van der Waals surface area contributed by atoms with Crippen LogP contribution < -0.4 is 5.73 Å². The van der Waals surface area contributed by atoms with Crippen LogP contribution in [0.1, 0.15) is 37.5 Å². The van der Waals surface area contributed by atoms with Crippen LogP contribution in [-0.2, 0) is 5.41 Å². The van der Waals surface area contributed by atoms with Crippen molar-refractivity contribution in [3.05, 3.63) is 65.2 Å². The smallest absolute Gasteiger partial charge is 0.0478 e. The fraction of sp³-hybridized carbons (Fsp3) is 0.222. The molecule has 2 aromatic rings. The minimum absolute atomic E-state index is 0.176. The van der Waals surface area contributed by atoms with Crippen LogP contribution in [0.2, 0.25) is 0 Å². The molecule has 0 spiro atoms. The molecule has 0 aromatic heterocycles. The first-order valence-electron chi connectivity index (χ1n) is 6.44. The van der Waals surface area contributed by atoms with Crippen molar-refractivity contribution >= 4 is 5.69 Å². The zero-order chi connectivity index (χ0) is 13.9. The van der Waals surface area contributed by atoms with Gasteiger partial charge in [-0.25, -0.2) is 0 Å². The van der Waals surface area contributed by atoms with Gasteiger partial charge in [0.15, 0.2) is 0 Å². The molecular weight excluding hydrogens is 230 g/mol. The van der Waals surface area contributed by atoms with Gasteiger partial charge in [-0.3, -0.25) is 0 Å². The van der Waals surface area contributed by atoms with E-state index in [1.165, 1.54) is 5.56 Å². The largest absolute Gasteiger partial charge is 0.398 e. The molecule has 0 amide bonds. The lowest BCUT2D eigenvalue weighted by Crippen LogP contribution is -2.10. The average Bonchev–Trinajstić information content (AvgIpc) is 2.37. The molecule has 0 saturated carbocycles. The molecule has 0 heterocycles. The number of rotatable bonds is 0. The van der Waals surface area contributed by atoms with Gasteiger partial charge in [-0.2, -0.15) is 0 Å². The summed E-state index contributed by atoms with van der Waals surface area (Å²) in [5, 5.41) is 0. The number of anilines is 1.